The van der Waals surface area contributed by atoms with Gasteiger partial charge in [0.2, 0.25) is 0 Å². The lowest BCUT2D eigenvalue weighted by Crippen LogP contribution is -2.39. The maximum atomic E-state index is 12.4. The molecule has 0 aliphatic rings. The minimum absolute atomic E-state index is 0.246. The molecule has 0 bridgehead atoms. The third-order valence-corrected chi connectivity index (χ3v) is 3.47. The topological polar surface area (TPSA) is 65.1 Å². The van der Waals surface area contributed by atoms with Gasteiger partial charge in [0, 0.05) is 13.6 Å². The fraction of sp³-hybridized carbons (Fsp3) is 0.474. The van der Waals surface area contributed by atoms with Crippen molar-refractivity contribution in [1.82, 2.24) is 4.90 Å². The molecule has 6 heteroatoms. The molecular weight excluding hydrogens is 322 g/mol. The lowest BCUT2D eigenvalue weighted by Gasteiger charge is -2.22. The number of hydrogen-bond acceptors (Lipinski definition) is 5. The molecule has 1 aromatic carbocycles. The summed E-state index contributed by atoms with van der Waals surface area (Å²) >= 11 is 0. The van der Waals surface area contributed by atoms with Gasteiger partial charge in [0.1, 0.15) is 5.75 Å². The molecule has 0 saturated heterocycles. The second-order valence-electron chi connectivity index (χ2n) is 5.61. The summed E-state index contributed by atoms with van der Waals surface area (Å²) in [5.41, 5.74) is 0.959. The Hall–Kier alpha value is -2.34. The van der Waals surface area contributed by atoms with Gasteiger partial charge in [-0.1, -0.05) is 18.2 Å². The average molecular weight is 349 g/mol. The van der Waals surface area contributed by atoms with Gasteiger partial charge in [-0.25, -0.2) is 4.79 Å². The van der Waals surface area contributed by atoms with Crippen LogP contribution in [0.25, 0.3) is 0 Å². The first-order chi connectivity index (χ1) is 11.9. The van der Waals surface area contributed by atoms with Gasteiger partial charge in [-0.2, -0.15) is 0 Å². The molecule has 25 heavy (non-hydrogen) atoms. The Morgan fingerprint density at radius 1 is 1.20 bits per heavy atom. The van der Waals surface area contributed by atoms with Gasteiger partial charge in [0.05, 0.1) is 13.2 Å². The smallest absolute Gasteiger partial charge is 0.335 e. The van der Waals surface area contributed by atoms with E-state index in [4.69, 9.17) is 14.2 Å². The number of rotatable bonds is 10. The molecule has 2 atom stereocenters. The average Bonchev–Trinajstić information content (AvgIpc) is 2.60. The first-order valence-electron chi connectivity index (χ1n) is 8.28. The molecule has 1 amide bonds. The first kappa shape index (κ1) is 20.7. The van der Waals surface area contributed by atoms with E-state index in [0.29, 0.717) is 13.2 Å². The van der Waals surface area contributed by atoms with E-state index in [1.54, 1.807) is 27.0 Å². The van der Waals surface area contributed by atoms with Crippen LogP contribution >= 0.6 is 0 Å². The minimum atomic E-state index is -0.880. The van der Waals surface area contributed by atoms with E-state index in [-0.39, 0.29) is 12.5 Å². The molecule has 1 aromatic rings. The van der Waals surface area contributed by atoms with Gasteiger partial charge >= 0.3 is 5.97 Å². The molecule has 6 nitrogen and oxygen atoms in total. The van der Waals surface area contributed by atoms with Crippen molar-refractivity contribution in [2.45, 2.75) is 39.5 Å². The summed E-state index contributed by atoms with van der Waals surface area (Å²) in [5, 5.41) is 0. The van der Waals surface area contributed by atoms with Crippen LogP contribution in [0.2, 0.25) is 0 Å². The fourth-order valence-electron chi connectivity index (χ4n) is 2.12. The normalized spacial score (nSPS) is 12.8. The Balaban J connectivity index is 2.53. The van der Waals surface area contributed by atoms with Gasteiger partial charge in [-0.05, 0) is 38.5 Å². The van der Waals surface area contributed by atoms with Crippen LogP contribution in [-0.2, 0) is 25.6 Å². The van der Waals surface area contributed by atoms with Crippen LogP contribution in [0.4, 0.5) is 0 Å². The largest absolute Gasteiger partial charge is 0.494 e. The molecule has 1 rings (SSSR count). The van der Waals surface area contributed by atoms with E-state index in [9.17, 15) is 9.59 Å². The summed E-state index contributed by atoms with van der Waals surface area (Å²) < 4.78 is 15.8. The molecule has 0 radical (unpaired) electrons. The highest BCUT2D eigenvalue weighted by Crippen LogP contribution is 2.14. The fourth-order valence-corrected chi connectivity index (χ4v) is 2.12. The number of benzene rings is 1. The maximum absolute atomic E-state index is 12.4. The highest BCUT2D eigenvalue weighted by atomic mass is 16.6. The molecule has 138 valence electrons. The lowest BCUT2D eigenvalue weighted by molar-refractivity contribution is -0.167. The van der Waals surface area contributed by atoms with Crippen LogP contribution in [-0.4, -0.2) is 49.2 Å². The molecule has 0 N–H and O–H groups in total. The number of carbonyl (C=O) groups is 2. The third kappa shape index (κ3) is 6.97. The summed E-state index contributed by atoms with van der Waals surface area (Å²) in [6, 6.07) is 7.52. The van der Waals surface area contributed by atoms with Crippen LogP contribution in [0.3, 0.4) is 0 Å². The number of likely N-dealkylation sites (N-methyl/N-ethyl adjacent to an activating group) is 1. The van der Waals surface area contributed by atoms with Gasteiger partial charge < -0.3 is 19.1 Å². The summed E-state index contributed by atoms with van der Waals surface area (Å²) in [4.78, 5) is 25.8. The number of carbonyl (C=O) groups excluding carboxylic acids is 2. The van der Waals surface area contributed by atoms with E-state index in [1.807, 2.05) is 31.2 Å². The molecule has 0 aliphatic carbocycles. The molecule has 0 aromatic heterocycles. The SMILES string of the molecule is C=CCOC(C)C(=O)OC(C)C(=O)N(C)Cc1ccc(OCC)cc1. The molecule has 0 spiro atoms. The highest BCUT2D eigenvalue weighted by molar-refractivity contribution is 5.84. The number of ether oxygens (including phenoxy) is 3. The van der Waals surface area contributed by atoms with Crippen LogP contribution in [0.5, 0.6) is 5.75 Å². The van der Waals surface area contributed by atoms with E-state index < -0.39 is 18.2 Å². The molecular formula is C19H27NO5. The first-order valence-corrected chi connectivity index (χ1v) is 8.28. The van der Waals surface area contributed by atoms with Gasteiger partial charge in [0.15, 0.2) is 12.2 Å². The van der Waals surface area contributed by atoms with Crippen molar-refractivity contribution in [2.75, 3.05) is 20.3 Å². The zero-order valence-corrected chi connectivity index (χ0v) is 15.4. The Morgan fingerprint density at radius 3 is 2.40 bits per heavy atom. The zero-order valence-electron chi connectivity index (χ0n) is 15.4. The standard InChI is InChI=1S/C19H27NO5/c1-6-12-24-15(4)19(22)25-14(3)18(21)20(5)13-16-8-10-17(11-9-16)23-7-2/h6,8-11,14-15H,1,7,12-13H2,2-5H3. The van der Waals surface area contributed by atoms with Crippen molar-refractivity contribution in [3.8, 4) is 5.75 Å². The monoisotopic (exact) mass is 349 g/mol. The summed E-state index contributed by atoms with van der Waals surface area (Å²) in [5.74, 6) is -0.0636. The van der Waals surface area contributed by atoms with Gasteiger partial charge in [-0.3, -0.25) is 4.79 Å². The summed E-state index contributed by atoms with van der Waals surface area (Å²) in [6.07, 6.45) is -0.0807. The Bertz CT molecular complexity index is 570. The number of esters is 1. The molecule has 0 heterocycles. The Morgan fingerprint density at radius 2 is 1.84 bits per heavy atom. The maximum Gasteiger partial charge on any atom is 0.335 e. The van der Waals surface area contributed by atoms with Crippen molar-refractivity contribution in [2.24, 2.45) is 0 Å². The second kappa shape index (κ2) is 10.5. The zero-order chi connectivity index (χ0) is 18.8. The van der Waals surface area contributed by atoms with E-state index in [2.05, 4.69) is 6.58 Å². The predicted octanol–water partition coefficient (Wildman–Crippen LogP) is 2.57. The predicted molar refractivity (Wildman–Crippen MR) is 95.3 cm³/mol. The van der Waals surface area contributed by atoms with Crippen molar-refractivity contribution in [1.29, 1.82) is 0 Å². The van der Waals surface area contributed by atoms with Crippen molar-refractivity contribution in [3.05, 3.63) is 42.5 Å². The highest BCUT2D eigenvalue weighted by Gasteiger charge is 2.24. The Labute approximate surface area is 149 Å². The van der Waals surface area contributed by atoms with Crippen molar-refractivity contribution < 1.29 is 23.8 Å². The van der Waals surface area contributed by atoms with Crippen LogP contribution in [0, 0.1) is 0 Å². The quantitative estimate of drug-likeness (QED) is 0.480. The summed E-state index contributed by atoms with van der Waals surface area (Å²) in [6.45, 7) is 9.83. The van der Waals surface area contributed by atoms with Crippen LogP contribution in [0.15, 0.2) is 36.9 Å². The number of hydrogen-bond donors (Lipinski definition) is 0. The van der Waals surface area contributed by atoms with Gasteiger partial charge in [0.25, 0.3) is 5.91 Å². The van der Waals surface area contributed by atoms with E-state index in [0.717, 1.165) is 11.3 Å². The molecule has 0 saturated carbocycles. The van der Waals surface area contributed by atoms with E-state index >= 15 is 0 Å². The molecule has 0 fully saturated rings. The van der Waals surface area contributed by atoms with Crippen molar-refractivity contribution >= 4 is 11.9 Å². The van der Waals surface area contributed by atoms with E-state index in [1.165, 1.54) is 4.90 Å². The van der Waals surface area contributed by atoms with Crippen LogP contribution in [0.1, 0.15) is 26.3 Å². The van der Waals surface area contributed by atoms with Crippen molar-refractivity contribution in [3.63, 3.8) is 0 Å². The molecule has 0 aliphatic heterocycles. The Kier molecular flexibility index (Phi) is 8.70. The molecule has 2 unspecified atom stereocenters. The third-order valence-electron chi connectivity index (χ3n) is 3.47. The number of nitrogens with zero attached hydrogens (tertiary/aromatic N) is 1. The minimum Gasteiger partial charge on any atom is -0.494 e. The lowest BCUT2D eigenvalue weighted by atomic mass is 10.2. The second-order valence-corrected chi connectivity index (χ2v) is 5.61. The summed E-state index contributed by atoms with van der Waals surface area (Å²) in [7, 11) is 1.67. The van der Waals surface area contributed by atoms with Crippen LogP contribution < -0.4 is 4.74 Å². The van der Waals surface area contributed by atoms with Gasteiger partial charge in [-0.15, -0.1) is 6.58 Å². The number of amides is 1.